The molecule has 2 unspecified atom stereocenters. The van der Waals surface area contributed by atoms with Gasteiger partial charge >= 0.3 is 0 Å². The van der Waals surface area contributed by atoms with Gasteiger partial charge in [-0.05, 0) is 12.8 Å². The van der Waals surface area contributed by atoms with Crippen molar-refractivity contribution >= 4 is 5.91 Å². The second-order valence-electron chi connectivity index (χ2n) is 2.79. The number of halogens is 1. The average Bonchev–Trinajstić information content (AvgIpc) is 2.55. The molecule has 0 saturated carbocycles. The molecular formula is C9H15FN2O. The highest BCUT2D eigenvalue weighted by molar-refractivity contribution is 5.80. The van der Waals surface area contributed by atoms with Crippen LogP contribution in [-0.2, 0) is 4.79 Å². The van der Waals surface area contributed by atoms with E-state index in [1.54, 1.807) is 0 Å². The Morgan fingerprint density at radius 3 is 2.85 bits per heavy atom. The summed E-state index contributed by atoms with van der Waals surface area (Å²) in [5, 5.41) is 2.74. The third kappa shape index (κ3) is 3.90. The Morgan fingerprint density at radius 2 is 2.46 bits per heavy atom. The van der Waals surface area contributed by atoms with E-state index in [4.69, 9.17) is 12.2 Å². The predicted octanol–water partition coefficient (Wildman–Crippen LogP) is 0.0588. The number of terminal acetylenes is 1. The number of nitrogens with two attached hydrogens (primary N) is 1. The summed E-state index contributed by atoms with van der Waals surface area (Å²) in [7, 11) is 0.500. The summed E-state index contributed by atoms with van der Waals surface area (Å²) in [5.74, 6) is 2.55. The summed E-state index contributed by atoms with van der Waals surface area (Å²) in [6.45, 7) is 0.765. The van der Waals surface area contributed by atoms with Gasteiger partial charge in [-0.3, -0.25) is 9.18 Å². The summed E-state index contributed by atoms with van der Waals surface area (Å²) in [4.78, 5) is 11.0. The number of hydrogen-bond donors (Lipinski definition) is 2. The fraction of sp³-hybridized carbons (Fsp3) is 0.667. The monoisotopic (exact) mass is 186 g/mol. The average molecular weight is 186 g/mol. The van der Waals surface area contributed by atoms with Crippen LogP contribution < -0.4 is 11.1 Å². The van der Waals surface area contributed by atoms with Gasteiger partial charge < -0.3 is 11.1 Å². The van der Waals surface area contributed by atoms with E-state index in [1.165, 1.54) is 0 Å². The van der Waals surface area contributed by atoms with Crippen LogP contribution in [0.4, 0.5) is 4.39 Å². The Morgan fingerprint density at radius 1 is 1.85 bits per heavy atom. The first-order chi connectivity index (χ1) is 6.24. The SMILES string of the molecule is C#CC(N)CC1CCNC1=O.CF. The van der Waals surface area contributed by atoms with Gasteiger partial charge in [0.2, 0.25) is 5.91 Å². The first kappa shape index (κ1) is 11.9. The Labute approximate surface area is 77.9 Å². The quantitative estimate of drug-likeness (QED) is 0.599. The molecule has 1 rings (SSSR count). The lowest BCUT2D eigenvalue weighted by atomic mass is 9.99. The van der Waals surface area contributed by atoms with Crippen molar-refractivity contribution in [1.82, 2.24) is 5.32 Å². The molecule has 0 aromatic carbocycles. The molecule has 1 amide bonds. The molecule has 1 heterocycles. The number of amides is 1. The Kier molecular flexibility index (Phi) is 5.90. The maximum Gasteiger partial charge on any atom is 0.223 e. The lowest BCUT2D eigenvalue weighted by Crippen LogP contribution is -2.26. The summed E-state index contributed by atoms with van der Waals surface area (Å²) in [6.07, 6.45) is 6.57. The third-order valence-corrected chi connectivity index (χ3v) is 1.92. The lowest BCUT2D eigenvalue weighted by Gasteiger charge is -2.07. The fourth-order valence-electron chi connectivity index (χ4n) is 1.24. The van der Waals surface area contributed by atoms with Crippen molar-refractivity contribution < 1.29 is 9.18 Å². The van der Waals surface area contributed by atoms with Crippen molar-refractivity contribution in [2.45, 2.75) is 18.9 Å². The van der Waals surface area contributed by atoms with Gasteiger partial charge in [0.15, 0.2) is 0 Å². The first-order valence-electron chi connectivity index (χ1n) is 4.11. The molecule has 0 aromatic heterocycles. The minimum Gasteiger partial charge on any atom is -0.356 e. The van der Waals surface area contributed by atoms with Crippen LogP contribution in [0.25, 0.3) is 0 Å². The minimum atomic E-state index is -0.274. The maximum atomic E-state index is 11.0. The van der Waals surface area contributed by atoms with E-state index in [9.17, 15) is 9.18 Å². The van der Waals surface area contributed by atoms with Gasteiger partial charge in [-0.2, -0.15) is 0 Å². The standard InChI is InChI=1S/C8H12N2O.CH3F/c1-2-7(9)5-6-3-4-10-8(6)11;1-2/h1,6-7H,3-5,9H2,(H,10,11);1H3. The van der Waals surface area contributed by atoms with Gasteiger partial charge in [0.05, 0.1) is 13.2 Å². The molecule has 1 fully saturated rings. The van der Waals surface area contributed by atoms with E-state index in [0.717, 1.165) is 13.0 Å². The second-order valence-corrected chi connectivity index (χ2v) is 2.79. The van der Waals surface area contributed by atoms with Crippen LogP contribution in [0.1, 0.15) is 12.8 Å². The number of rotatable bonds is 2. The van der Waals surface area contributed by atoms with E-state index >= 15 is 0 Å². The zero-order valence-corrected chi connectivity index (χ0v) is 7.72. The van der Waals surface area contributed by atoms with Gasteiger partial charge in [0.25, 0.3) is 0 Å². The smallest absolute Gasteiger partial charge is 0.223 e. The molecule has 0 bridgehead atoms. The van der Waals surface area contributed by atoms with E-state index < -0.39 is 0 Å². The number of alkyl halides is 1. The van der Waals surface area contributed by atoms with E-state index in [0.29, 0.717) is 13.6 Å². The number of nitrogens with one attached hydrogen (secondary N) is 1. The van der Waals surface area contributed by atoms with Gasteiger partial charge in [-0.25, -0.2) is 0 Å². The molecule has 4 heteroatoms. The van der Waals surface area contributed by atoms with Crippen LogP contribution in [0.3, 0.4) is 0 Å². The zero-order valence-electron chi connectivity index (χ0n) is 7.72. The minimum absolute atomic E-state index is 0.0426. The van der Waals surface area contributed by atoms with Gasteiger partial charge in [0, 0.05) is 12.5 Å². The van der Waals surface area contributed by atoms with E-state index in [-0.39, 0.29) is 17.9 Å². The van der Waals surface area contributed by atoms with Gasteiger partial charge in [0.1, 0.15) is 0 Å². The van der Waals surface area contributed by atoms with Crippen LogP contribution >= 0.6 is 0 Å². The van der Waals surface area contributed by atoms with Crippen molar-refractivity contribution in [3.63, 3.8) is 0 Å². The van der Waals surface area contributed by atoms with Crippen molar-refractivity contribution in [2.24, 2.45) is 11.7 Å². The summed E-state index contributed by atoms with van der Waals surface area (Å²) in [5.41, 5.74) is 5.50. The van der Waals surface area contributed by atoms with Crippen LogP contribution in [0, 0.1) is 18.3 Å². The van der Waals surface area contributed by atoms with Crippen LogP contribution in [0.15, 0.2) is 0 Å². The fourth-order valence-corrected chi connectivity index (χ4v) is 1.24. The van der Waals surface area contributed by atoms with Crippen LogP contribution in [-0.4, -0.2) is 25.7 Å². The second kappa shape index (κ2) is 6.44. The molecule has 3 nitrogen and oxygen atoms in total. The molecule has 74 valence electrons. The van der Waals surface area contributed by atoms with E-state index in [1.807, 2.05) is 0 Å². The summed E-state index contributed by atoms with van der Waals surface area (Å²) >= 11 is 0. The van der Waals surface area contributed by atoms with Crippen LogP contribution in [0.5, 0.6) is 0 Å². The summed E-state index contributed by atoms with van der Waals surface area (Å²) < 4.78 is 9.50. The third-order valence-electron chi connectivity index (χ3n) is 1.92. The van der Waals surface area contributed by atoms with Gasteiger partial charge in [-0.15, -0.1) is 6.42 Å². The molecule has 1 aliphatic rings. The highest BCUT2D eigenvalue weighted by Crippen LogP contribution is 2.14. The molecule has 1 aliphatic heterocycles. The number of carbonyl (C=O) groups is 1. The Bertz CT molecular complexity index is 200. The zero-order chi connectivity index (χ0) is 10.3. The topological polar surface area (TPSA) is 55.1 Å². The largest absolute Gasteiger partial charge is 0.356 e. The molecule has 0 aromatic rings. The van der Waals surface area contributed by atoms with E-state index in [2.05, 4.69) is 11.2 Å². The van der Waals surface area contributed by atoms with Crippen molar-refractivity contribution in [3.05, 3.63) is 0 Å². The molecule has 0 spiro atoms. The Balaban J connectivity index is 0.000000671. The van der Waals surface area contributed by atoms with Crippen molar-refractivity contribution in [3.8, 4) is 12.3 Å². The van der Waals surface area contributed by atoms with Gasteiger partial charge in [-0.1, -0.05) is 5.92 Å². The molecule has 13 heavy (non-hydrogen) atoms. The maximum absolute atomic E-state index is 11.0. The molecular weight excluding hydrogens is 171 g/mol. The molecule has 0 aliphatic carbocycles. The lowest BCUT2D eigenvalue weighted by molar-refractivity contribution is -0.122. The number of hydrogen-bond acceptors (Lipinski definition) is 2. The molecule has 3 N–H and O–H groups in total. The highest BCUT2D eigenvalue weighted by atomic mass is 19.1. The van der Waals surface area contributed by atoms with Crippen molar-refractivity contribution in [1.29, 1.82) is 0 Å². The van der Waals surface area contributed by atoms with Crippen molar-refractivity contribution in [2.75, 3.05) is 13.7 Å². The summed E-state index contributed by atoms with van der Waals surface area (Å²) in [6, 6.07) is -0.274. The molecule has 2 atom stereocenters. The highest BCUT2D eigenvalue weighted by Gasteiger charge is 2.24. The number of carbonyl (C=O) groups excluding carboxylic acids is 1. The van der Waals surface area contributed by atoms with Crippen LogP contribution in [0.2, 0.25) is 0 Å². The Hall–Kier alpha value is -1.08. The molecule has 0 radical (unpaired) electrons. The first-order valence-corrected chi connectivity index (χ1v) is 4.11. The molecule has 1 saturated heterocycles. The predicted molar refractivity (Wildman–Crippen MR) is 49.6 cm³/mol. The normalized spacial score (nSPS) is 22.3.